The second kappa shape index (κ2) is 18.2. The van der Waals surface area contributed by atoms with Crippen molar-refractivity contribution in [3.8, 4) is 0 Å². The van der Waals surface area contributed by atoms with Crippen LogP contribution in [0.15, 0.2) is 27.8 Å². The Bertz CT molecular complexity index is 1030. The van der Waals surface area contributed by atoms with Gasteiger partial charge in [-0.15, -0.1) is 0 Å². The number of hydrogen-bond donors (Lipinski definition) is 10. The number of nitrogens with two attached hydrogens (primary N) is 4. The van der Waals surface area contributed by atoms with Crippen molar-refractivity contribution in [2.45, 2.75) is 69.3 Å². The Morgan fingerprint density at radius 2 is 1.61 bits per heavy atom. The predicted octanol–water partition coefficient (Wildman–Crippen LogP) is -4.13. The molecule has 1 aromatic rings. The average Bonchev–Trinajstić information content (AvgIpc) is 3.46. The largest absolute Gasteiger partial charge is 0.459 e. The minimum absolute atomic E-state index is 0.0896. The number of aliphatic hydroxyl groups is 2. The highest BCUT2D eigenvalue weighted by Gasteiger charge is 2.30. The molecule has 1 aromatic heterocycles. The van der Waals surface area contributed by atoms with Gasteiger partial charge < -0.3 is 58.8 Å². The molecule has 0 aliphatic carbocycles. The summed E-state index contributed by atoms with van der Waals surface area (Å²) in [7, 11) is 0. The van der Waals surface area contributed by atoms with E-state index in [0.29, 0.717) is 19.3 Å². The molecule has 0 aliphatic rings. The van der Waals surface area contributed by atoms with Gasteiger partial charge in [0.2, 0.25) is 23.6 Å². The highest BCUT2D eigenvalue weighted by atomic mass is 16.3. The smallest absolute Gasteiger partial charge is 0.286 e. The summed E-state index contributed by atoms with van der Waals surface area (Å²) in [5.41, 5.74) is 21.7. The molecular formula is C24H41N9O8. The van der Waals surface area contributed by atoms with E-state index >= 15 is 0 Å². The molecule has 17 heteroatoms. The van der Waals surface area contributed by atoms with Crippen LogP contribution in [0.3, 0.4) is 0 Å². The van der Waals surface area contributed by atoms with Gasteiger partial charge in [0.05, 0.1) is 25.0 Å². The summed E-state index contributed by atoms with van der Waals surface area (Å²) in [6, 6.07) is -2.07. The molecule has 0 radical (unpaired) electrons. The number of rotatable bonds is 19. The molecular weight excluding hydrogens is 542 g/mol. The zero-order valence-electron chi connectivity index (χ0n) is 22.9. The topological polar surface area (TPSA) is 304 Å². The van der Waals surface area contributed by atoms with Crippen molar-refractivity contribution < 1.29 is 38.6 Å². The van der Waals surface area contributed by atoms with Crippen LogP contribution in [0.25, 0.3) is 0 Å². The zero-order chi connectivity index (χ0) is 30.9. The standard InChI is InChI=1S/C24H41N9O8/c1-13(35)18(19(26)36)33-22(39)16(12-34)32-21(38)15(31-20(37)14(25)6-4-10-30-24(27)28)7-2-3-9-29-23(40)17-8-5-11-41-17/h5,8,11,13-16,18,34-35H,2-4,6-7,9-10,12,25H2,1H3,(H2,26,36)(H,29,40)(H,31,37)(H,32,38)(H,33,39)(H4,27,28,30)/t13-,14+,15+,16+,18+/m1/s1. The summed E-state index contributed by atoms with van der Waals surface area (Å²) in [5.74, 6) is -3.82. The van der Waals surface area contributed by atoms with Crippen molar-refractivity contribution in [1.82, 2.24) is 21.3 Å². The van der Waals surface area contributed by atoms with E-state index in [1.165, 1.54) is 19.3 Å². The first-order chi connectivity index (χ1) is 19.4. The number of aliphatic imine (C=N–C) groups is 1. The van der Waals surface area contributed by atoms with Gasteiger partial charge in [-0.1, -0.05) is 0 Å². The summed E-state index contributed by atoms with van der Waals surface area (Å²) in [4.78, 5) is 65.6. The molecule has 0 saturated carbocycles. The summed E-state index contributed by atoms with van der Waals surface area (Å²) < 4.78 is 5.02. The molecule has 0 aliphatic heterocycles. The molecule has 1 heterocycles. The van der Waals surface area contributed by atoms with Crippen LogP contribution in [0.5, 0.6) is 0 Å². The number of unbranched alkanes of at least 4 members (excludes halogenated alkanes) is 1. The molecule has 5 amide bonds. The van der Waals surface area contributed by atoms with Crippen LogP contribution >= 0.6 is 0 Å². The van der Waals surface area contributed by atoms with Crippen LogP contribution in [0, 0.1) is 0 Å². The van der Waals surface area contributed by atoms with E-state index in [1.54, 1.807) is 6.07 Å². The number of nitrogens with zero attached hydrogens (tertiary/aromatic N) is 1. The molecule has 0 saturated heterocycles. The first kappa shape index (κ1) is 34.8. The van der Waals surface area contributed by atoms with E-state index in [-0.39, 0.29) is 37.7 Å². The molecule has 0 bridgehead atoms. The van der Waals surface area contributed by atoms with Crippen LogP contribution in [0.2, 0.25) is 0 Å². The lowest BCUT2D eigenvalue weighted by molar-refractivity contribution is -0.135. The number of amides is 5. The van der Waals surface area contributed by atoms with Gasteiger partial charge in [-0.05, 0) is 51.2 Å². The van der Waals surface area contributed by atoms with Crippen LogP contribution in [0.4, 0.5) is 0 Å². The van der Waals surface area contributed by atoms with Gasteiger partial charge in [-0.2, -0.15) is 0 Å². The SMILES string of the molecule is C[C@@H](O)[C@H](NC(=O)[C@H](CO)NC(=O)[C@H](CCCCNC(=O)c1ccco1)NC(=O)[C@@H](N)CCCN=C(N)N)C(N)=O. The van der Waals surface area contributed by atoms with Crippen LogP contribution < -0.4 is 44.2 Å². The molecule has 1 rings (SSSR count). The van der Waals surface area contributed by atoms with Gasteiger partial charge in [0, 0.05) is 13.1 Å². The first-order valence-electron chi connectivity index (χ1n) is 13.0. The van der Waals surface area contributed by atoms with E-state index in [4.69, 9.17) is 27.4 Å². The Balaban J connectivity index is 2.82. The van der Waals surface area contributed by atoms with Crippen molar-refractivity contribution in [2.75, 3.05) is 19.7 Å². The first-order valence-corrected chi connectivity index (χ1v) is 13.0. The van der Waals surface area contributed by atoms with Crippen molar-refractivity contribution in [3.05, 3.63) is 24.2 Å². The average molecular weight is 584 g/mol. The Labute approximate surface area is 236 Å². The third kappa shape index (κ3) is 13.1. The predicted molar refractivity (Wildman–Crippen MR) is 147 cm³/mol. The maximum absolute atomic E-state index is 13.1. The van der Waals surface area contributed by atoms with Gasteiger partial charge in [-0.3, -0.25) is 29.0 Å². The third-order valence-electron chi connectivity index (χ3n) is 5.79. The maximum atomic E-state index is 13.1. The highest BCUT2D eigenvalue weighted by Crippen LogP contribution is 2.06. The Kier molecular flexibility index (Phi) is 15.4. The molecule has 14 N–H and O–H groups in total. The molecule has 17 nitrogen and oxygen atoms in total. The van der Waals surface area contributed by atoms with Gasteiger partial charge in [0.1, 0.15) is 18.1 Å². The molecule has 41 heavy (non-hydrogen) atoms. The fraction of sp³-hybridized carbons (Fsp3) is 0.583. The maximum Gasteiger partial charge on any atom is 0.286 e. The van der Waals surface area contributed by atoms with Crippen molar-refractivity contribution in [3.63, 3.8) is 0 Å². The van der Waals surface area contributed by atoms with Crippen LogP contribution in [0.1, 0.15) is 49.6 Å². The van der Waals surface area contributed by atoms with E-state index in [9.17, 15) is 34.2 Å². The number of nitrogens with one attached hydrogen (secondary N) is 4. The number of hydrogen-bond acceptors (Lipinski definition) is 10. The fourth-order valence-corrected chi connectivity index (χ4v) is 3.52. The molecule has 230 valence electrons. The van der Waals surface area contributed by atoms with Crippen LogP contribution in [-0.4, -0.2) is 95.7 Å². The van der Waals surface area contributed by atoms with E-state index in [1.807, 2.05) is 0 Å². The summed E-state index contributed by atoms with van der Waals surface area (Å²) in [6.45, 7) is 0.878. The Hall–Kier alpha value is -4.22. The number of carbonyl (C=O) groups excluding carboxylic acids is 5. The Morgan fingerprint density at radius 1 is 0.951 bits per heavy atom. The zero-order valence-corrected chi connectivity index (χ0v) is 22.9. The van der Waals surface area contributed by atoms with Gasteiger partial charge >= 0.3 is 0 Å². The second-order valence-corrected chi connectivity index (χ2v) is 9.22. The lowest BCUT2D eigenvalue weighted by atomic mass is 10.1. The van der Waals surface area contributed by atoms with E-state index in [0.717, 1.165) is 0 Å². The van der Waals surface area contributed by atoms with Crippen molar-refractivity contribution in [2.24, 2.45) is 27.9 Å². The van der Waals surface area contributed by atoms with Crippen molar-refractivity contribution >= 4 is 35.5 Å². The minimum atomic E-state index is -1.52. The molecule has 0 aromatic carbocycles. The molecule has 0 unspecified atom stereocenters. The van der Waals surface area contributed by atoms with Gasteiger partial charge in [0.25, 0.3) is 5.91 Å². The summed E-state index contributed by atoms with van der Waals surface area (Å²) >= 11 is 0. The van der Waals surface area contributed by atoms with E-state index in [2.05, 4.69) is 26.3 Å². The summed E-state index contributed by atoms with van der Waals surface area (Å²) in [5, 5.41) is 29.0. The highest BCUT2D eigenvalue weighted by molar-refractivity contribution is 5.94. The quantitative estimate of drug-likeness (QED) is 0.0423. The van der Waals surface area contributed by atoms with Crippen molar-refractivity contribution in [1.29, 1.82) is 0 Å². The Morgan fingerprint density at radius 3 is 2.17 bits per heavy atom. The number of aliphatic hydroxyl groups excluding tert-OH is 2. The van der Waals surface area contributed by atoms with E-state index < -0.39 is 66.4 Å². The molecule has 0 spiro atoms. The third-order valence-corrected chi connectivity index (χ3v) is 5.79. The minimum Gasteiger partial charge on any atom is -0.459 e. The summed E-state index contributed by atoms with van der Waals surface area (Å²) in [6.07, 6.45) is 1.52. The molecule has 0 fully saturated rings. The number of furan rings is 1. The van der Waals surface area contributed by atoms with Gasteiger partial charge in [0.15, 0.2) is 11.7 Å². The molecule has 5 atom stereocenters. The number of guanidine groups is 1. The lowest BCUT2D eigenvalue weighted by Crippen LogP contribution is -2.59. The lowest BCUT2D eigenvalue weighted by Gasteiger charge is -2.25. The monoisotopic (exact) mass is 583 g/mol. The normalized spacial score (nSPS) is 14.4. The van der Waals surface area contributed by atoms with Crippen LogP contribution in [-0.2, 0) is 19.2 Å². The number of carbonyl (C=O) groups is 5. The number of primary amides is 1. The fourth-order valence-electron chi connectivity index (χ4n) is 3.52. The second-order valence-electron chi connectivity index (χ2n) is 9.22. The van der Waals surface area contributed by atoms with Gasteiger partial charge in [-0.25, -0.2) is 0 Å².